The molecule has 0 aliphatic heterocycles. The maximum Gasteiger partial charge on any atom is 0.144 e. The van der Waals surface area contributed by atoms with Crippen molar-refractivity contribution in [1.82, 2.24) is 9.97 Å². The minimum Gasteiger partial charge on any atom is -0.346 e. The van der Waals surface area contributed by atoms with Gasteiger partial charge in [0.1, 0.15) is 10.5 Å². The molecule has 94 valence electrons. The van der Waals surface area contributed by atoms with E-state index in [4.69, 9.17) is 12.2 Å². The van der Waals surface area contributed by atoms with E-state index in [1.165, 1.54) is 32.1 Å². The number of nitrogens with zero attached hydrogens (tertiary/aromatic N) is 1. The van der Waals surface area contributed by atoms with Crippen molar-refractivity contribution in [3.63, 3.8) is 0 Å². The lowest BCUT2D eigenvalue weighted by atomic mass is 9.80. The summed E-state index contributed by atoms with van der Waals surface area (Å²) in [5, 5.41) is 0. The molecule has 0 bridgehead atoms. The molecular formula is C13H19BrN2S. The molecule has 1 aliphatic rings. The molecule has 0 spiro atoms. The van der Waals surface area contributed by atoms with Crippen LogP contribution in [0.4, 0.5) is 0 Å². The van der Waals surface area contributed by atoms with E-state index in [2.05, 4.69) is 32.8 Å². The first-order valence-corrected chi connectivity index (χ1v) is 7.58. The van der Waals surface area contributed by atoms with Crippen molar-refractivity contribution in [2.75, 3.05) is 0 Å². The molecule has 0 unspecified atom stereocenters. The molecule has 1 heterocycles. The fraction of sp³-hybridized carbons (Fsp3) is 0.692. The van der Waals surface area contributed by atoms with Crippen LogP contribution < -0.4 is 0 Å². The molecular weight excluding hydrogens is 296 g/mol. The molecule has 17 heavy (non-hydrogen) atoms. The second kappa shape index (κ2) is 5.61. The highest BCUT2D eigenvalue weighted by molar-refractivity contribution is 9.10. The van der Waals surface area contributed by atoms with E-state index in [-0.39, 0.29) is 0 Å². The third-order valence-corrected chi connectivity index (χ3v) is 5.39. The van der Waals surface area contributed by atoms with E-state index in [9.17, 15) is 0 Å². The highest BCUT2D eigenvalue weighted by atomic mass is 79.9. The Balaban J connectivity index is 2.16. The summed E-state index contributed by atoms with van der Waals surface area (Å²) < 4.78 is 1.62. The number of rotatable bonds is 2. The Morgan fingerprint density at radius 2 is 2.00 bits per heavy atom. The highest BCUT2D eigenvalue weighted by Gasteiger charge is 2.23. The number of halogens is 1. The van der Waals surface area contributed by atoms with Crippen molar-refractivity contribution in [2.24, 2.45) is 5.92 Å². The summed E-state index contributed by atoms with van der Waals surface area (Å²) in [7, 11) is 0. The smallest absolute Gasteiger partial charge is 0.144 e. The molecule has 1 aliphatic carbocycles. The Kier molecular flexibility index (Phi) is 4.36. The molecule has 0 saturated heterocycles. The van der Waals surface area contributed by atoms with Crippen LogP contribution in [0.15, 0.2) is 4.47 Å². The Labute approximate surface area is 116 Å². The Morgan fingerprint density at radius 3 is 2.53 bits per heavy atom. The van der Waals surface area contributed by atoms with Gasteiger partial charge in [-0.2, -0.15) is 0 Å². The summed E-state index contributed by atoms with van der Waals surface area (Å²) in [6.45, 7) is 4.34. The van der Waals surface area contributed by atoms with Gasteiger partial charge in [-0.3, -0.25) is 0 Å². The minimum atomic E-state index is 0.575. The first-order chi connectivity index (χ1) is 8.11. The van der Waals surface area contributed by atoms with Gasteiger partial charge in [0.15, 0.2) is 0 Å². The third-order valence-electron chi connectivity index (χ3n) is 3.87. The molecule has 0 aromatic carbocycles. The Morgan fingerprint density at radius 1 is 1.35 bits per heavy atom. The number of hydrogen-bond acceptors (Lipinski definition) is 2. The molecule has 1 fully saturated rings. The van der Waals surface area contributed by atoms with Crippen molar-refractivity contribution < 1.29 is 0 Å². The van der Waals surface area contributed by atoms with Gasteiger partial charge < -0.3 is 4.98 Å². The molecule has 1 aromatic heterocycles. The van der Waals surface area contributed by atoms with Gasteiger partial charge in [-0.1, -0.05) is 25.6 Å². The van der Waals surface area contributed by atoms with E-state index in [0.29, 0.717) is 10.6 Å². The first kappa shape index (κ1) is 13.2. The van der Waals surface area contributed by atoms with Crippen LogP contribution in [0.1, 0.15) is 56.5 Å². The van der Waals surface area contributed by atoms with Crippen molar-refractivity contribution in [3.05, 3.63) is 20.6 Å². The van der Waals surface area contributed by atoms with Crippen LogP contribution in [0.3, 0.4) is 0 Å². The van der Waals surface area contributed by atoms with Crippen LogP contribution >= 0.6 is 28.1 Å². The number of H-pyrrole nitrogens is 1. The summed E-state index contributed by atoms with van der Waals surface area (Å²) in [4.78, 5) is 7.91. The normalized spacial score (nSPS) is 24.9. The van der Waals surface area contributed by atoms with Gasteiger partial charge in [-0.25, -0.2) is 4.98 Å². The number of nitrogens with one attached hydrogen (secondary N) is 1. The monoisotopic (exact) mass is 314 g/mol. The number of aryl methyl sites for hydroxylation is 1. The van der Waals surface area contributed by atoms with Gasteiger partial charge >= 0.3 is 0 Å². The summed E-state index contributed by atoms with van der Waals surface area (Å²) in [5.41, 5.74) is 1.10. The van der Waals surface area contributed by atoms with Crippen molar-refractivity contribution in [2.45, 2.75) is 51.9 Å². The fourth-order valence-corrected chi connectivity index (χ4v) is 3.07. The Hall–Kier alpha value is -0.220. The average molecular weight is 315 g/mol. The zero-order chi connectivity index (χ0) is 12.4. The molecule has 1 aromatic rings. The topological polar surface area (TPSA) is 28.7 Å². The van der Waals surface area contributed by atoms with Gasteiger partial charge in [0.05, 0.1) is 4.47 Å². The molecule has 2 rings (SSSR count). The van der Waals surface area contributed by atoms with Crippen molar-refractivity contribution in [3.8, 4) is 0 Å². The van der Waals surface area contributed by atoms with E-state index in [1.54, 1.807) is 0 Å². The lowest BCUT2D eigenvalue weighted by molar-refractivity contribution is 0.311. The summed E-state index contributed by atoms with van der Waals surface area (Å²) >= 11 is 8.73. The fourth-order valence-electron chi connectivity index (χ4n) is 2.63. The quantitative estimate of drug-likeness (QED) is 0.787. The molecule has 0 amide bonds. The van der Waals surface area contributed by atoms with Gasteiger partial charge in [0.25, 0.3) is 0 Å². The molecule has 2 nitrogen and oxygen atoms in total. The molecule has 0 atom stereocenters. The zero-order valence-corrected chi connectivity index (χ0v) is 12.8. The van der Waals surface area contributed by atoms with Crippen molar-refractivity contribution in [1.29, 1.82) is 0 Å². The van der Waals surface area contributed by atoms with Crippen LogP contribution in [0.5, 0.6) is 0 Å². The Bertz CT molecular complexity index is 447. The van der Waals surface area contributed by atoms with Gasteiger partial charge in [-0.15, -0.1) is 0 Å². The largest absolute Gasteiger partial charge is 0.346 e. The first-order valence-electron chi connectivity index (χ1n) is 6.38. The average Bonchev–Trinajstić information content (AvgIpc) is 2.35. The molecule has 1 saturated carbocycles. The molecule has 1 N–H and O–H groups in total. The molecule has 4 heteroatoms. The second-order valence-corrected chi connectivity index (χ2v) is 6.17. The van der Waals surface area contributed by atoms with E-state index in [1.807, 2.05) is 6.92 Å². The van der Waals surface area contributed by atoms with Gasteiger partial charge in [-0.05, 0) is 54.5 Å². The van der Waals surface area contributed by atoms with Gasteiger partial charge in [0.2, 0.25) is 0 Å². The maximum atomic E-state index is 5.27. The predicted molar refractivity (Wildman–Crippen MR) is 76.8 cm³/mol. The van der Waals surface area contributed by atoms with Crippen LogP contribution in [0.2, 0.25) is 0 Å². The highest BCUT2D eigenvalue weighted by Crippen LogP contribution is 2.35. The maximum absolute atomic E-state index is 5.27. The number of aromatic nitrogens is 2. The number of aromatic amines is 1. The zero-order valence-electron chi connectivity index (χ0n) is 10.4. The predicted octanol–water partition coefficient (Wildman–Crippen LogP) is 4.89. The van der Waals surface area contributed by atoms with Crippen LogP contribution in [0, 0.1) is 17.5 Å². The van der Waals surface area contributed by atoms with Crippen LogP contribution in [-0.4, -0.2) is 9.97 Å². The minimum absolute atomic E-state index is 0.575. The SMILES string of the molecule is CCC1CCC(c2nc(=S)c(Br)c(C)[nH]2)CC1. The van der Waals surface area contributed by atoms with Crippen LogP contribution in [-0.2, 0) is 0 Å². The summed E-state index contributed by atoms with van der Waals surface area (Å²) in [5.74, 6) is 2.59. The lowest BCUT2D eigenvalue weighted by Crippen LogP contribution is -2.15. The van der Waals surface area contributed by atoms with E-state index >= 15 is 0 Å². The van der Waals surface area contributed by atoms with Crippen molar-refractivity contribution >= 4 is 28.1 Å². The summed E-state index contributed by atoms with van der Waals surface area (Å²) in [6, 6.07) is 0. The second-order valence-electron chi connectivity index (χ2n) is 4.99. The standard InChI is InChI=1S/C13H19BrN2S/c1-3-9-4-6-10(7-5-9)12-15-8(2)11(14)13(17)16-12/h9-10H,3-7H2,1-2H3,(H,15,16,17). The van der Waals surface area contributed by atoms with E-state index < -0.39 is 0 Å². The lowest BCUT2D eigenvalue weighted by Gasteiger charge is -2.27. The number of hydrogen-bond donors (Lipinski definition) is 1. The summed E-state index contributed by atoms with van der Waals surface area (Å²) in [6.07, 6.45) is 6.47. The van der Waals surface area contributed by atoms with Crippen LogP contribution in [0.25, 0.3) is 0 Å². The van der Waals surface area contributed by atoms with E-state index in [0.717, 1.165) is 21.9 Å². The molecule has 0 radical (unpaired) electrons. The third kappa shape index (κ3) is 2.97. The van der Waals surface area contributed by atoms with Gasteiger partial charge in [0, 0.05) is 11.6 Å².